The van der Waals surface area contributed by atoms with E-state index in [0.29, 0.717) is 6.54 Å². The molecule has 0 aliphatic heterocycles. The molecule has 2 aromatic rings. The molecule has 0 amide bonds. The van der Waals surface area contributed by atoms with E-state index in [1.54, 1.807) is 15.9 Å². The molecule has 0 aromatic carbocycles. The minimum Gasteiger partial charge on any atom is -0.322 e. The molecule has 0 bridgehead atoms. The zero-order valence-corrected chi connectivity index (χ0v) is 11.6. The molecule has 2 rings (SSSR count). The van der Waals surface area contributed by atoms with Gasteiger partial charge in [0.1, 0.15) is 0 Å². The molecule has 2 aromatic heterocycles. The minimum atomic E-state index is -0.226. The van der Waals surface area contributed by atoms with Crippen LogP contribution in [0.1, 0.15) is 27.2 Å². The second kappa shape index (κ2) is 5.04. The molecule has 5 heteroatoms. The molecule has 4 nitrogen and oxygen atoms in total. The Morgan fingerprint density at radius 3 is 2.67 bits per heavy atom. The summed E-state index contributed by atoms with van der Waals surface area (Å²) in [4.78, 5) is 18.1. The van der Waals surface area contributed by atoms with Crippen LogP contribution in [0.15, 0.2) is 23.0 Å². The van der Waals surface area contributed by atoms with Gasteiger partial charge in [-0.3, -0.25) is 4.57 Å². The van der Waals surface area contributed by atoms with Gasteiger partial charge in [-0.05, 0) is 39.0 Å². The summed E-state index contributed by atoms with van der Waals surface area (Å²) in [6, 6.07) is 5.80. The van der Waals surface area contributed by atoms with Crippen molar-refractivity contribution in [2.45, 2.75) is 33.4 Å². The maximum absolute atomic E-state index is 11.8. The van der Waals surface area contributed by atoms with Crippen LogP contribution in [-0.2, 0) is 6.54 Å². The maximum Gasteiger partial charge on any atom is 0.348 e. The number of rotatable bonds is 3. The van der Waals surface area contributed by atoms with Gasteiger partial charge in [0.25, 0.3) is 0 Å². The summed E-state index contributed by atoms with van der Waals surface area (Å²) in [5, 5.41) is 0. The van der Waals surface area contributed by atoms with Gasteiger partial charge in [0.2, 0.25) is 0 Å². The zero-order chi connectivity index (χ0) is 13.3. The highest BCUT2D eigenvalue weighted by Crippen LogP contribution is 2.22. The van der Waals surface area contributed by atoms with Crippen LogP contribution in [0, 0.1) is 20.8 Å². The highest BCUT2D eigenvalue weighted by atomic mass is 32.1. The number of aryl methyl sites for hydroxylation is 3. The van der Waals surface area contributed by atoms with Crippen LogP contribution >= 0.6 is 11.3 Å². The summed E-state index contributed by atoms with van der Waals surface area (Å²) in [5.41, 5.74) is 7.56. The molecular formula is C13H17N3OS. The molecule has 0 saturated carbocycles. The van der Waals surface area contributed by atoms with Crippen molar-refractivity contribution in [3.05, 3.63) is 49.8 Å². The smallest absolute Gasteiger partial charge is 0.322 e. The van der Waals surface area contributed by atoms with Crippen LogP contribution in [0.2, 0.25) is 0 Å². The highest BCUT2D eigenvalue weighted by Gasteiger charge is 2.12. The number of nitrogens with two attached hydrogens (primary N) is 1. The Hall–Kier alpha value is -1.46. The molecule has 2 heterocycles. The molecule has 1 atom stereocenters. The molecule has 0 fully saturated rings. The maximum atomic E-state index is 11.8. The fourth-order valence-corrected chi connectivity index (χ4v) is 2.81. The fourth-order valence-electron chi connectivity index (χ4n) is 1.94. The first-order valence-corrected chi connectivity index (χ1v) is 6.66. The Balaban J connectivity index is 2.27. The van der Waals surface area contributed by atoms with Gasteiger partial charge in [-0.15, -0.1) is 11.3 Å². The first-order chi connectivity index (χ1) is 8.47. The molecule has 0 saturated heterocycles. The monoisotopic (exact) mass is 263 g/mol. The Kier molecular flexibility index (Phi) is 3.63. The normalized spacial score (nSPS) is 12.7. The lowest BCUT2D eigenvalue weighted by Gasteiger charge is -2.14. The van der Waals surface area contributed by atoms with Crippen LogP contribution in [0.5, 0.6) is 0 Å². The molecule has 0 aliphatic carbocycles. The largest absolute Gasteiger partial charge is 0.348 e. The summed E-state index contributed by atoms with van der Waals surface area (Å²) in [6.07, 6.45) is 0. The van der Waals surface area contributed by atoms with Gasteiger partial charge in [-0.1, -0.05) is 0 Å². The van der Waals surface area contributed by atoms with Crippen molar-refractivity contribution in [3.63, 3.8) is 0 Å². The van der Waals surface area contributed by atoms with E-state index >= 15 is 0 Å². The van der Waals surface area contributed by atoms with Crippen molar-refractivity contribution in [2.24, 2.45) is 5.73 Å². The molecule has 96 valence electrons. The van der Waals surface area contributed by atoms with Crippen molar-refractivity contribution in [3.8, 4) is 0 Å². The van der Waals surface area contributed by atoms with Crippen LogP contribution < -0.4 is 11.4 Å². The standard InChI is InChI=1S/C13H17N3OS/c1-8-6-9(2)16(13(17)15-8)7-11(14)12-5-4-10(3)18-12/h4-6,11H,7,14H2,1-3H3. The number of hydrogen-bond acceptors (Lipinski definition) is 4. The minimum absolute atomic E-state index is 0.162. The van der Waals surface area contributed by atoms with Crippen LogP contribution in [0.25, 0.3) is 0 Å². The van der Waals surface area contributed by atoms with Crippen molar-refractivity contribution in [2.75, 3.05) is 0 Å². The SMILES string of the molecule is Cc1cc(C)n(CC(N)c2ccc(C)s2)c(=O)n1. The van der Waals surface area contributed by atoms with Crippen LogP contribution in [-0.4, -0.2) is 9.55 Å². The number of nitrogens with zero attached hydrogens (tertiary/aromatic N) is 2. The van der Waals surface area contributed by atoms with Crippen LogP contribution in [0.4, 0.5) is 0 Å². The molecule has 0 radical (unpaired) electrons. The summed E-state index contributed by atoms with van der Waals surface area (Å²) in [7, 11) is 0. The van der Waals surface area contributed by atoms with Crippen molar-refractivity contribution in [1.82, 2.24) is 9.55 Å². The average Bonchev–Trinajstić information content (AvgIpc) is 2.70. The predicted octanol–water partition coefficient (Wildman–Crippen LogP) is 1.93. The van der Waals surface area contributed by atoms with E-state index in [2.05, 4.69) is 4.98 Å². The first kappa shape index (κ1) is 13.0. The molecule has 18 heavy (non-hydrogen) atoms. The number of thiophene rings is 1. The van der Waals surface area contributed by atoms with E-state index in [9.17, 15) is 4.79 Å². The quantitative estimate of drug-likeness (QED) is 0.920. The van der Waals surface area contributed by atoms with Gasteiger partial charge in [0.05, 0.1) is 6.04 Å². The van der Waals surface area contributed by atoms with E-state index in [1.807, 2.05) is 39.0 Å². The van der Waals surface area contributed by atoms with Crippen molar-refractivity contribution in [1.29, 1.82) is 0 Å². The average molecular weight is 263 g/mol. The Labute approximate surface area is 110 Å². The second-order valence-corrected chi connectivity index (χ2v) is 5.81. The number of aromatic nitrogens is 2. The van der Waals surface area contributed by atoms with Crippen molar-refractivity contribution < 1.29 is 0 Å². The van der Waals surface area contributed by atoms with Gasteiger partial charge in [-0.25, -0.2) is 4.79 Å². The molecule has 1 unspecified atom stereocenters. The first-order valence-electron chi connectivity index (χ1n) is 5.84. The van der Waals surface area contributed by atoms with Gasteiger partial charge in [0.15, 0.2) is 0 Å². The van der Waals surface area contributed by atoms with E-state index in [4.69, 9.17) is 5.73 Å². The van der Waals surface area contributed by atoms with E-state index in [-0.39, 0.29) is 11.7 Å². The zero-order valence-electron chi connectivity index (χ0n) is 10.8. The summed E-state index contributed by atoms with van der Waals surface area (Å²) >= 11 is 1.67. The third-order valence-electron chi connectivity index (χ3n) is 2.85. The fraction of sp³-hybridized carbons (Fsp3) is 0.385. The van der Waals surface area contributed by atoms with Gasteiger partial charge in [-0.2, -0.15) is 4.98 Å². The Morgan fingerprint density at radius 1 is 1.39 bits per heavy atom. The van der Waals surface area contributed by atoms with Crippen molar-refractivity contribution >= 4 is 11.3 Å². The highest BCUT2D eigenvalue weighted by molar-refractivity contribution is 7.12. The lowest BCUT2D eigenvalue weighted by atomic mass is 10.2. The third-order valence-corrected chi connectivity index (χ3v) is 3.98. The van der Waals surface area contributed by atoms with Crippen LogP contribution in [0.3, 0.4) is 0 Å². The summed E-state index contributed by atoms with van der Waals surface area (Å²) in [6.45, 7) is 6.24. The molecule has 0 aliphatic rings. The summed E-state index contributed by atoms with van der Waals surface area (Å²) in [5.74, 6) is 0. The third kappa shape index (κ3) is 2.68. The van der Waals surface area contributed by atoms with Gasteiger partial charge in [0, 0.05) is 27.7 Å². The molecule has 0 spiro atoms. The molecular weight excluding hydrogens is 246 g/mol. The lowest BCUT2D eigenvalue weighted by Crippen LogP contribution is -2.30. The van der Waals surface area contributed by atoms with Gasteiger partial charge < -0.3 is 5.73 Å². The van der Waals surface area contributed by atoms with E-state index < -0.39 is 0 Å². The summed E-state index contributed by atoms with van der Waals surface area (Å²) < 4.78 is 1.63. The Morgan fingerprint density at radius 2 is 2.11 bits per heavy atom. The van der Waals surface area contributed by atoms with Gasteiger partial charge >= 0.3 is 5.69 Å². The molecule has 2 N–H and O–H groups in total. The predicted molar refractivity (Wildman–Crippen MR) is 74.0 cm³/mol. The lowest BCUT2D eigenvalue weighted by molar-refractivity contribution is 0.544. The second-order valence-electron chi connectivity index (χ2n) is 4.49. The Bertz CT molecular complexity index is 615. The topological polar surface area (TPSA) is 60.9 Å². The van der Waals surface area contributed by atoms with E-state index in [0.717, 1.165) is 16.3 Å². The number of hydrogen-bond donors (Lipinski definition) is 1. The van der Waals surface area contributed by atoms with E-state index in [1.165, 1.54) is 4.88 Å².